The van der Waals surface area contributed by atoms with Crippen molar-refractivity contribution in [2.75, 3.05) is 0 Å². The molecule has 0 aliphatic carbocycles. The highest BCUT2D eigenvalue weighted by Crippen LogP contribution is 2.39. The van der Waals surface area contributed by atoms with Crippen LogP contribution in [0.2, 0.25) is 10.0 Å². The molecule has 0 bridgehead atoms. The van der Waals surface area contributed by atoms with E-state index in [1.165, 1.54) is 12.1 Å². The van der Waals surface area contributed by atoms with Crippen molar-refractivity contribution in [1.29, 1.82) is 0 Å². The van der Waals surface area contributed by atoms with Gasteiger partial charge < -0.3 is 10.1 Å². The van der Waals surface area contributed by atoms with Gasteiger partial charge in [0.15, 0.2) is 11.4 Å². The minimum atomic E-state index is -4.84. The number of alkyl halides is 3. The van der Waals surface area contributed by atoms with Gasteiger partial charge in [0, 0.05) is 6.54 Å². The number of nitrogens with one attached hydrogen (secondary N) is 1. The highest BCUT2D eigenvalue weighted by Gasteiger charge is 2.41. The summed E-state index contributed by atoms with van der Waals surface area (Å²) in [6, 6.07) is 11.6. The van der Waals surface area contributed by atoms with Crippen molar-refractivity contribution in [3.05, 3.63) is 70.0 Å². The van der Waals surface area contributed by atoms with Gasteiger partial charge in [0.25, 0.3) is 0 Å². The van der Waals surface area contributed by atoms with E-state index in [9.17, 15) is 18.0 Å². The number of para-hydroxylation sites is 1. The Balaban J connectivity index is 1.56. The lowest BCUT2D eigenvalue weighted by Gasteiger charge is -2.11. The second-order valence-corrected chi connectivity index (χ2v) is 8.05. The lowest BCUT2D eigenvalue weighted by molar-refractivity contribution is -0.143. The van der Waals surface area contributed by atoms with Crippen LogP contribution >= 0.6 is 34.5 Å². The van der Waals surface area contributed by atoms with Gasteiger partial charge in [-0.1, -0.05) is 52.7 Å². The van der Waals surface area contributed by atoms with Gasteiger partial charge in [-0.3, -0.25) is 0 Å². The van der Waals surface area contributed by atoms with Crippen LogP contribution in [0.15, 0.2) is 48.7 Å². The SMILES string of the molecule is O=C(NCc1ccc(Cl)c(Cl)c1)Oc1cnn(-c2nc3ccccc3s2)c1C(F)(F)F. The van der Waals surface area contributed by atoms with Gasteiger partial charge in [0.05, 0.1) is 26.5 Å². The fourth-order valence-electron chi connectivity index (χ4n) is 2.72. The summed E-state index contributed by atoms with van der Waals surface area (Å²) < 4.78 is 47.4. The number of thiazole rings is 1. The quantitative estimate of drug-likeness (QED) is 0.378. The Morgan fingerprint density at radius 2 is 1.94 bits per heavy atom. The number of carbonyl (C=O) groups excluding carboxylic acids is 1. The molecule has 2 heterocycles. The van der Waals surface area contributed by atoms with Gasteiger partial charge in [-0.05, 0) is 29.8 Å². The number of halogens is 5. The first kappa shape index (κ1) is 21.4. The number of nitrogens with zero attached hydrogens (tertiary/aromatic N) is 3. The Kier molecular flexibility index (Phi) is 5.78. The Bertz CT molecular complexity index is 1240. The van der Waals surface area contributed by atoms with Crippen LogP contribution in [0.25, 0.3) is 15.3 Å². The van der Waals surface area contributed by atoms with E-state index >= 15 is 0 Å². The molecular weight excluding hydrogens is 476 g/mol. The molecule has 0 unspecified atom stereocenters. The number of hydrogen-bond donors (Lipinski definition) is 1. The van der Waals surface area contributed by atoms with Crippen LogP contribution in [0.3, 0.4) is 0 Å². The molecule has 0 saturated carbocycles. The third-order valence-electron chi connectivity index (χ3n) is 4.09. The normalized spacial score (nSPS) is 11.6. The summed E-state index contributed by atoms with van der Waals surface area (Å²) in [5.41, 5.74) is -0.114. The summed E-state index contributed by atoms with van der Waals surface area (Å²) in [5.74, 6) is -0.738. The molecule has 31 heavy (non-hydrogen) atoms. The summed E-state index contributed by atoms with van der Waals surface area (Å²) in [7, 11) is 0. The molecule has 0 atom stereocenters. The van der Waals surface area contributed by atoms with Crippen molar-refractivity contribution in [2.45, 2.75) is 12.7 Å². The van der Waals surface area contributed by atoms with Gasteiger partial charge in [0.1, 0.15) is 0 Å². The molecule has 160 valence electrons. The van der Waals surface area contributed by atoms with Crippen molar-refractivity contribution in [3.63, 3.8) is 0 Å². The van der Waals surface area contributed by atoms with Crippen LogP contribution in [-0.4, -0.2) is 20.9 Å². The Labute approximate surface area is 187 Å². The zero-order valence-electron chi connectivity index (χ0n) is 15.3. The fraction of sp³-hybridized carbons (Fsp3) is 0.105. The van der Waals surface area contributed by atoms with Crippen LogP contribution < -0.4 is 10.1 Å². The third-order valence-corrected chi connectivity index (χ3v) is 5.84. The first-order valence-corrected chi connectivity index (χ1v) is 10.2. The molecule has 0 spiro atoms. The van der Waals surface area contributed by atoms with E-state index in [0.717, 1.165) is 17.5 Å². The predicted octanol–water partition coefficient (Wildman–Crippen LogP) is 6.10. The number of hydrogen-bond acceptors (Lipinski definition) is 5. The number of carbonyl (C=O) groups is 1. The average Bonchev–Trinajstić information content (AvgIpc) is 3.32. The van der Waals surface area contributed by atoms with Gasteiger partial charge in [-0.15, -0.1) is 0 Å². The fourth-order valence-corrected chi connectivity index (χ4v) is 3.97. The van der Waals surface area contributed by atoms with E-state index in [1.807, 2.05) is 0 Å². The van der Waals surface area contributed by atoms with Crippen LogP contribution in [-0.2, 0) is 12.7 Å². The van der Waals surface area contributed by atoms with E-state index in [-0.39, 0.29) is 16.7 Å². The van der Waals surface area contributed by atoms with Crippen molar-refractivity contribution in [1.82, 2.24) is 20.1 Å². The molecular formula is C19H11Cl2F3N4O2S. The maximum atomic E-state index is 13.7. The zero-order valence-corrected chi connectivity index (χ0v) is 17.6. The number of ether oxygens (including phenoxy) is 1. The number of fused-ring (bicyclic) bond motifs is 1. The van der Waals surface area contributed by atoms with E-state index in [0.29, 0.717) is 25.5 Å². The van der Waals surface area contributed by atoms with Gasteiger partial charge in [-0.25, -0.2) is 9.78 Å². The Morgan fingerprint density at radius 3 is 2.65 bits per heavy atom. The summed E-state index contributed by atoms with van der Waals surface area (Å²) in [6.45, 7) is -0.0247. The van der Waals surface area contributed by atoms with E-state index < -0.39 is 23.7 Å². The molecule has 4 rings (SSSR count). The largest absolute Gasteiger partial charge is 0.437 e. The highest BCUT2D eigenvalue weighted by atomic mass is 35.5. The van der Waals surface area contributed by atoms with E-state index in [4.69, 9.17) is 27.9 Å². The van der Waals surface area contributed by atoms with Crippen molar-refractivity contribution < 1.29 is 22.7 Å². The monoisotopic (exact) mass is 486 g/mol. The molecule has 0 radical (unpaired) electrons. The molecule has 1 N–H and O–H groups in total. The molecule has 0 fully saturated rings. The summed E-state index contributed by atoms with van der Waals surface area (Å²) in [4.78, 5) is 16.3. The third kappa shape index (κ3) is 4.60. The smallest absolute Gasteiger partial charge is 0.406 e. The van der Waals surface area contributed by atoms with Crippen molar-refractivity contribution in [3.8, 4) is 10.9 Å². The van der Waals surface area contributed by atoms with Crippen molar-refractivity contribution >= 4 is 50.8 Å². The maximum Gasteiger partial charge on any atom is 0.437 e. The summed E-state index contributed by atoms with van der Waals surface area (Å²) >= 11 is 12.8. The minimum Gasteiger partial charge on any atom is -0.406 e. The molecule has 2 aromatic carbocycles. The topological polar surface area (TPSA) is 69.0 Å². The lowest BCUT2D eigenvalue weighted by Crippen LogP contribution is -2.27. The molecule has 4 aromatic rings. The Hall–Kier alpha value is -2.82. The zero-order chi connectivity index (χ0) is 22.2. The standard InChI is InChI=1S/C19H11Cl2F3N4O2S/c20-11-6-5-10(7-12(11)21)8-25-18(29)30-14-9-26-28(16(14)19(22,23)24)17-27-13-3-1-2-4-15(13)31-17/h1-7,9H,8H2,(H,25,29). The van der Waals surface area contributed by atoms with E-state index in [2.05, 4.69) is 15.4 Å². The first-order valence-electron chi connectivity index (χ1n) is 8.63. The number of benzene rings is 2. The van der Waals surface area contributed by atoms with Crippen LogP contribution in [0, 0.1) is 0 Å². The van der Waals surface area contributed by atoms with Crippen molar-refractivity contribution in [2.24, 2.45) is 0 Å². The molecule has 0 saturated heterocycles. The molecule has 6 nitrogen and oxygen atoms in total. The van der Waals surface area contributed by atoms with Crippen LogP contribution in [0.1, 0.15) is 11.3 Å². The van der Waals surface area contributed by atoms with Crippen LogP contribution in [0.4, 0.5) is 18.0 Å². The average molecular weight is 487 g/mol. The molecule has 0 aliphatic rings. The predicted molar refractivity (Wildman–Crippen MR) is 111 cm³/mol. The highest BCUT2D eigenvalue weighted by molar-refractivity contribution is 7.20. The number of aromatic nitrogens is 3. The van der Waals surface area contributed by atoms with Gasteiger partial charge in [-0.2, -0.15) is 23.0 Å². The van der Waals surface area contributed by atoms with Gasteiger partial charge >= 0.3 is 12.3 Å². The summed E-state index contributed by atoms with van der Waals surface area (Å²) in [5, 5.41) is 6.73. The number of amides is 1. The maximum absolute atomic E-state index is 13.7. The van der Waals surface area contributed by atoms with E-state index in [1.54, 1.807) is 30.3 Å². The lowest BCUT2D eigenvalue weighted by atomic mass is 10.2. The van der Waals surface area contributed by atoms with Gasteiger partial charge in [0.2, 0.25) is 5.13 Å². The molecule has 2 aromatic heterocycles. The van der Waals surface area contributed by atoms with Crippen LogP contribution in [0.5, 0.6) is 5.75 Å². The second-order valence-electron chi connectivity index (χ2n) is 6.22. The minimum absolute atomic E-state index is 0.000380. The first-order chi connectivity index (χ1) is 14.7. The number of rotatable bonds is 4. The Morgan fingerprint density at radius 1 is 1.16 bits per heavy atom. The molecule has 12 heteroatoms. The summed E-state index contributed by atoms with van der Waals surface area (Å²) in [6.07, 6.45) is -5.10. The molecule has 0 aliphatic heterocycles. The second kappa shape index (κ2) is 8.37. The molecule has 1 amide bonds.